The molecule has 0 saturated carbocycles. The van der Waals surface area contributed by atoms with Gasteiger partial charge in [-0.05, 0) is 30.7 Å². The van der Waals surface area contributed by atoms with Crippen molar-refractivity contribution in [3.05, 3.63) is 69.6 Å². The Balaban J connectivity index is 1.47. The number of nitrogens with zero attached hydrogens (tertiary/aromatic N) is 4. The normalized spacial score (nSPS) is 15.5. The van der Waals surface area contributed by atoms with E-state index < -0.39 is 0 Å². The molecule has 4 rings (SSSR count). The number of rotatable bonds is 3. The SMILES string of the molecule is Cc1ccc(Cl)cc1N1CCN(Cn2ncc3ccccc3c2=O)CC1. The fourth-order valence-corrected chi connectivity index (χ4v) is 3.64. The molecule has 3 aromatic rings. The van der Waals surface area contributed by atoms with Gasteiger partial charge in [-0.3, -0.25) is 9.69 Å². The standard InChI is InChI=1S/C20H21ClN4O/c1-15-6-7-17(21)12-19(15)24-10-8-23(9-11-24)14-25-20(26)18-5-3-2-4-16(18)13-22-25/h2-7,12-13H,8-11,14H2,1H3. The third-order valence-corrected chi connectivity index (χ3v) is 5.22. The second-order valence-electron chi connectivity index (χ2n) is 6.71. The van der Waals surface area contributed by atoms with E-state index in [1.807, 2.05) is 36.4 Å². The highest BCUT2D eigenvalue weighted by molar-refractivity contribution is 6.30. The van der Waals surface area contributed by atoms with Gasteiger partial charge in [0.05, 0.1) is 18.3 Å². The van der Waals surface area contributed by atoms with Crippen LogP contribution >= 0.6 is 11.6 Å². The molecular weight excluding hydrogens is 348 g/mol. The Morgan fingerprint density at radius 3 is 2.65 bits per heavy atom. The van der Waals surface area contributed by atoms with Crippen LogP contribution in [-0.2, 0) is 6.67 Å². The van der Waals surface area contributed by atoms with Gasteiger partial charge in [-0.2, -0.15) is 5.10 Å². The Kier molecular flexibility index (Phi) is 4.66. The first kappa shape index (κ1) is 17.1. The van der Waals surface area contributed by atoms with Gasteiger partial charge in [-0.25, -0.2) is 4.68 Å². The van der Waals surface area contributed by atoms with E-state index in [2.05, 4.69) is 27.9 Å². The molecule has 0 N–H and O–H groups in total. The summed E-state index contributed by atoms with van der Waals surface area (Å²) < 4.78 is 1.56. The fraction of sp³-hybridized carbons (Fsp3) is 0.300. The van der Waals surface area contributed by atoms with Crippen molar-refractivity contribution in [2.45, 2.75) is 13.6 Å². The molecule has 2 aromatic carbocycles. The summed E-state index contributed by atoms with van der Waals surface area (Å²) in [6.45, 7) is 6.20. The molecular formula is C20H21ClN4O. The molecule has 1 saturated heterocycles. The Bertz CT molecular complexity index is 993. The quantitative estimate of drug-likeness (QED) is 0.712. The minimum Gasteiger partial charge on any atom is -0.369 e. The summed E-state index contributed by atoms with van der Waals surface area (Å²) in [5.41, 5.74) is 2.39. The molecule has 0 atom stereocenters. The molecule has 0 bridgehead atoms. The van der Waals surface area contributed by atoms with Crippen molar-refractivity contribution in [3.8, 4) is 0 Å². The van der Waals surface area contributed by atoms with Crippen LogP contribution in [0.3, 0.4) is 0 Å². The number of halogens is 1. The van der Waals surface area contributed by atoms with Crippen LogP contribution in [0.4, 0.5) is 5.69 Å². The van der Waals surface area contributed by atoms with Crippen LogP contribution in [0.1, 0.15) is 5.56 Å². The maximum Gasteiger partial charge on any atom is 0.275 e. The zero-order valence-corrected chi connectivity index (χ0v) is 15.5. The number of fused-ring (bicyclic) bond motifs is 1. The van der Waals surface area contributed by atoms with Gasteiger partial charge in [0.15, 0.2) is 0 Å². The molecule has 0 amide bonds. The van der Waals surface area contributed by atoms with E-state index >= 15 is 0 Å². The van der Waals surface area contributed by atoms with E-state index in [-0.39, 0.29) is 5.56 Å². The first-order valence-corrected chi connectivity index (χ1v) is 9.18. The number of aromatic nitrogens is 2. The molecule has 0 radical (unpaired) electrons. The molecule has 1 aromatic heterocycles. The lowest BCUT2D eigenvalue weighted by atomic mass is 10.1. The monoisotopic (exact) mass is 368 g/mol. The van der Waals surface area contributed by atoms with Gasteiger partial charge in [0.25, 0.3) is 5.56 Å². The van der Waals surface area contributed by atoms with Gasteiger partial charge in [-0.1, -0.05) is 35.9 Å². The van der Waals surface area contributed by atoms with Crippen molar-refractivity contribution in [2.75, 3.05) is 31.1 Å². The highest BCUT2D eigenvalue weighted by Gasteiger charge is 2.19. The van der Waals surface area contributed by atoms with Crippen LogP contribution in [0, 0.1) is 6.92 Å². The molecule has 134 valence electrons. The summed E-state index contributed by atoms with van der Waals surface area (Å²) in [5.74, 6) is 0. The largest absolute Gasteiger partial charge is 0.369 e. The Morgan fingerprint density at radius 2 is 1.85 bits per heavy atom. The zero-order chi connectivity index (χ0) is 18.1. The summed E-state index contributed by atoms with van der Waals surface area (Å²) in [7, 11) is 0. The Hall–Kier alpha value is -2.37. The van der Waals surface area contributed by atoms with Crippen LogP contribution < -0.4 is 10.5 Å². The maximum absolute atomic E-state index is 12.6. The third-order valence-electron chi connectivity index (χ3n) is 4.98. The average molecular weight is 369 g/mol. The highest BCUT2D eigenvalue weighted by Crippen LogP contribution is 2.25. The van der Waals surface area contributed by atoms with Gasteiger partial charge < -0.3 is 4.90 Å². The lowest BCUT2D eigenvalue weighted by Crippen LogP contribution is -2.48. The number of benzene rings is 2. The molecule has 6 heteroatoms. The summed E-state index contributed by atoms with van der Waals surface area (Å²) in [4.78, 5) is 17.2. The molecule has 0 unspecified atom stereocenters. The summed E-state index contributed by atoms with van der Waals surface area (Å²) in [6, 6.07) is 13.6. The number of anilines is 1. The minimum absolute atomic E-state index is 0.0313. The van der Waals surface area contributed by atoms with Crippen molar-refractivity contribution in [3.63, 3.8) is 0 Å². The summed E-state index contributed by atoms with van der Waals surface area (Å²) >= 11 is 6.15. The molecule has 5 nitrogen and oxygen atoms in total. The van der Waals surface area contributed by atoms with Crippen LogP contribution in [0.2, 0.25) is 5.02 Å². The first-order chi connectivity index (χ1) is 12.6. The van der Waals surface area contributed by atoms with E-state index in [4.69, 9.17) is 11.6 Å². The maximum atomic E-state index is 12.6. The molecule has 1 aliphatic heterocycles. The van der Waals surface area contributed by atoms with Crippen molar-refractivity contribution in [1.29, 1.82) is 0 Å². The lowest BCUT2D eigenvalue weighted by molar-refractivity contribution is 0.192. The number of hydrogen-bond acceptors (Lipinski definition) is 4. The smallest absolute Gasteiger partial charge is 0.275 e. The van der Waals surface area contributed by atoms with E-state index in [0.717, 1.165) is 42.0 Å². The van der Waals surface area contributed by atoms with Crippen LogP contribution in [0.5, 0.6) is 0 Å². The van der Waals surface area contributed by atoms with Gasteiger partial charge in [0.1, 0.15) is 0 Å². The van der Waals surface area contributed by atoms with Gasteiger partial charge in [0, 0.05) is 42.3 Å². The third kappa shape index (κ3) is 3.32. The fourth-order valence-electron chi connectivity index (χ4n) is 3.47. The Morgan fingerprint density at radius 1 is 1.08 bits per heavy atom. The van der Waals surface area contributed by atoms with Crippen LogP contribution in [0.25, 0.3) is 10.8 Å². The average Bonchev–Trinajstić information content (AvgIpc) is 2.67. The van der Waals surface area contributed by atoms with Crippen molar-refractivity contribution in [2.24, 2.45) is 0 Å². The number of hydrogen-bond donors (Lipinski definition) is 0. The Labute approximate surface area is 157 Å². The molecule has 26 heavy (non-hydrogen) atoms. The highest BCUT2D eigenvalue weighted by atomic mass is 35.5. The van der Waals surface area contributed by atoms with E-state index in [1.165, 1.54) is 11.3 Å². The van der Waals surface area contributed by atoms with E-state index in [9.17, 15) is 4.79 Å². The topological polar surface area (TPSA) is 41.4 Å². The van der Waals surface area contributed by atoms with E-state index in [1.54, 1.807) is 10.9 Å². The van der Waals surface area contributed by atoms with E-state index in [0.29, 0.717) is 6.67 Å². The minimum atomic E-state index is -0.0313. The molecule has 1 fully saturated rings. The number of piperazine rings is 1. The molecule has 1 aliphatic rings. The lowest BCUT2D eigenvalue weighted by Gasteiger charge is -2.36. The van der Waals surface area contributed by atoms with Crippen molar-refractivity contribution >= 4 is 28.1 Å². The summed E-state index contributed by atoms with van der Waals surface area (Å²) in [6.07, 6.45) is 1.77. The first-order valence-electron chi connectivity index (χ1n) is 8.80. The second kappa shape index (κ2) is 7.09. The van der Waals surface area contributed by atoms with Gasteiger partial charge in [-0.15, -0.1) is 0 Å². The van der Waals surface area contributed by atoms with Crippen LogP contribution in [-0.4, -0.2) is 40.9 Å². The second-order valence-corrected chi connectivity index (χ2v) is 7.15. The molecule has 0 aliphatic carbocycles. The predicted molar refractivity (Wildman–Crippen MR) is 106 cm³/mol. The van der Waals surface area contributed by atoms with Crippen LogP contribution in [0.15, 0.2) is 53.5 Å². The van der Waals surface area contributed by atoms with Gasteiger partial charge >= 0.3 is 0 Å². The number of aryl methyl sites for hydroxylation is 1. The summed E-state index contributed by atoms with van der Waals surface area (Å²) in [5, 5.41) is 6.70. The van der Waals surface area contributed by atoms with Gasteiger partial charge in [0.2, 0.25) is 0 Å². The molecule has 2 heterocycles. The van der Waals surface area contributed by atoms with Crippen molar-refractivity contribution in [1.82, 2.24) is 14.7 Å². The predicted octanol–water partition coefficient (Wildman–Crippen LogP) is 3.14. The molecule has 0 spiro atoms. The zero-order valence-electron chi connectivity index (χ0n) is 14.7. The van der Waals surface area contributed by atoms with Crippen molar-refractivity contribution < 1.29 is 0 Å².